The van der Waals surface area contributed by atoms with E-state index in [1.165, 1.54) is 44.5 Å². The van der Waals surface area contributed by atoms with Crippen LogP contribution in [0.1, 0.15) is 0 Å². The first-order valence-corrected chi connectivity index (χ1v) is 10.2. The number of hydrogen-bond donors (Lipinski definition) is 0. The molecule has 0 aliphatic carbocycles. The molecule has 0 bridgehead atoms. The van der Waals surface area contributed by atoms with E-state index in [4.69, 9.17) is 0 Å². The lowest BCUT2D eigenvalue weighted by molar-refractivity contribution is 1.55. The van der Waals surface area contributed by atoms with Gasteiger partial charge in [-0.25, -0.2) is 0 Å². The van der Waals surface area contributed by atoms with Gasteiger partial charge in [-0.2, -0.15) is 0 Å². The van der Waals surface area contributed by atoms with E-state index >= 15 is 0 Å². The summed E-state index contributed by atoms with van der Waals surface area (Å²) in [6.07, 6.45) is 0. The van der Waals surface area contributed by atoms with Crippen LogP contribution in [0.4, 0.5) is 0 Å². The molecule has 5 aromatic rings. The van der Waals surface area contributed by atoms with Crippen molar-refractivity contribution in [1.29, 1.82) is 0 Å². The van der Waals surface area contributed by atoms with E-state index in [0.717, 1.165) is 0 Å². The van der Waals surface area contributed by atoms with Crippen LogP contribution in [0.15, 0.2) is 127 Å². The van der Waals surface area contributed by atoms with Crippen molar-refractivity contribution in [2.75, 3.05) is 0 Å². The summed E-state index contributed by atoms with van der Waals surface area (Å²) >= 11 is 0. The van der Waals surface area contributed by atoms with E-state index < -0.39 is 0 Å². The van der Waals surface area contributed by atoms with E-state index in [0.29, 0.717) is 0 Å². The van der Waals surface area contributed by atoms with Gasteiger partial charge in [-0.05, 0) is 50.6 Å². The molecule has 141 valence electrons. The second kappa shape index (κ2) is 8.23. The molecule has 0 heterocycles. The van der Waals surface area contributed by atoms with Crippen LogP contribution < -0.4 is 0 Å². The average Bonchev–Trinajstić information content (AvgIpc) is 2.85. The first-order chi connectivity index (χ1) is 14.9. The highest BCUT2D eigenvalue weighted by atomic mass is 14.2. The van der Waals surface area contributed by atoms with Crippen molar-refractivity contribution < 1.29 is 0 Å². The molecular weight excluding hydrogens is 360 g/mol. The third-order valence-electron chi connectivity index (χ3n) is 5.46. The second-order valence-corrected chi connectivity index (χ2v) is 7.33. The van der Waals surface area contributed by atoms with Crippen LogP contribution in [0.5, 0.6) is 0 Å². The number of rotatable bonds is 4. The molecule has 5 aromatic carbocycles. The largest absolute Gasteiger partial charge is 0.0622 e. The smallest absolute Gasteiger partial charge is 0.00268 e. The summed E-state index contributed by atoms with van der Waals surface area (Å²) in [5.41, 5.74) is 9.85. The SMILES string of the molecule is [c]1ccc(-c2cccc(-c3ccccc3)c2-c2ccc(-c3ccccc3)cc2)cc1. The van der Waals surface area contributed by atoms with E-state index in [1.54, 1.807) is 0 Å². The van der Waals surface area contributed by atoms with Crippen molar-refractivity contribution in [2.45, 2.75) is 0 Å². The molecule has 0 aliphatic rings. The van der Waals surface area contributed by atoms with Gasteiger partial charge in [-0.1, -0.05) is 127 Å². The fourth-order valence-corrected chi connectivity index (χ4v) is 3.99. The molecule has 0 atom stereocenters. The van der Waals surface area contributed by atoms with Crippen molar-refractivity contribution in [3.05, 3.63) is 133 Å². The Balaban J connectivity index is 1.70. The van der Waals surface area contributed by atoms with Crippen LogP contribution in [0, 0.1) is 6.07 Å². The normalized spacial score (nSPS) is 10.7. The Morgan fingerprint density at radius 1 is 0.333 bits per heavy atom. The summed E-state index contributed by atoms with van der Waals surface area (Å²) < 4.78 is 0. The molecule has 0 spiro atoms. The van der Waals surface area contributed by atoms with Gasteiger partial charge in [0.1, 0.15) is 0 Å². The third kappa shape index (κ3) is 3.56. The highest BCUT2D eigenvalue weighted by Gasteiger charge is 2.14. The molecule has 0 heteroatoms. The van der Waals surface area contributed by atoms with Crippen LogP contribution in [-0.4, -0.2) is 0 Å². The molecule has 0 fully saturated rings. The Hall–Kier alpha value is -3.90. The van der Waals surface area contributed by atoms with Gasteiger partial charge in [0.15, 0.2) is 0 Å². The fraction of sp³-hybridized carbons (Fsp3) is 0. The third-order valence-corrected chi connectivity index (χ3v) is 5.46. The zero-order valence-electron chi connectivity index (χ0n) is 16.6. The lowest BCUT2D eigenvalue weighted by Gasteiger charge is -2.16. The van der Waals surface area contributed by atoms with Crippen LogP contribution >= 0.6 is 0 Å². The van der Waals surface area contributed by atoms with Crippen LogP contribution in [0.25, 0.3) is 44.5 Å². The molecule has 0 saturated carbocycles. The maximum atomic E-state index is 3.13. The summed E-state index contributed by atoms with van der Waals surface area (Å²) in [5.74, 6) is 0. The number of hydrogen-bond acceptors (Lipinski definition) is 0. The summed E-state index contributed by atoms with van der Waals surface area (Å²) in [6.45, 7) is 0. The number of benzene rings is 5. The van der Waals surface area contributed by atoms with Gasteiger partial charge in [-0.3, -0.25) is 0 Å². The maximum Gasteiger partial charge on any atom is -0.00268 e. The van der Waals surface area contributed by atoms with Crippen LogP contribution in [0.2, 0.25) is 0 Å². The molecule has 0 unspecified atom stereocenters. The summed E-state index contributed by atoms with van der Waals surface area (Å²) in [6, 6.07) is 48.0. The summed E-state index contributed by atoms with van der Waals surface area (Å²) in [4.78, 5) is 0. The van der Waals surface area contributed by atoms with Crippen LogP contribution in [-0.2, 0) is 0 Å². The maximum absolute atomic E-state index is 3.13. The standard InChI is InChI=1S/C30H21/c1-4-11-23(12-5-1)24-19-21-27(22-20-24)30-28(25-13-6-2-7-14-25)17-10-18-29(30)26-15-8-3-9-16-26/h1-2,4-22H. The lowest BCUT2D eigenvalue weighted by Crippen LogP contribution is -1.90. The lowest BCUT2D eigenvalue weighted by atomic mass is 9.87. The van der Waals surface area contributed by atoms with E-state index in [1.807, 2.05) is 12.1 Å². The quantitative estimate of drug-likeness (QED) is 0.294. The Labute approximate surface area is 178 Å². The first-order valence-electron chi connectivity index (χ1n) is 10.2. The summed E-state index contributed by atoms with van der Waals surface area (Å²) in [5, 5.41) is 0. The van der Waals surface area contributed by atoms with Gasteiger partial charge in [0.05, 0.1) is 0 Å². The molecule has 5 rings (SSSR count). The molecule has 0 aromatic heterocycles. The highest BCUT2D eigenvalue weighted by Crippen LogP contribution is 2.40. The highest BCUT2D eigenvalue weighted by molar-refractivity contribution is 5.94. The minimum absolute atomic E-state index is 1.20. The Morgan fingerprint density at radius 2 is 0.800 bits per heavy atom. The van der Waals surface area contributed by atoms with E-state index in [9.17, 15) is 0 Å². The van der Waals surface area contributed by atoms with Crippen molar-refractivity contribution in [2.24, 2.45) is 0 Å². The topological polar surface area (TPSA) is 0 Å². The Kier molecular flexibility index (Phi) is 4.98. The van der Waals surface area contributed by atoms with E-state index in [-0.39, 0.29) is 0 Å². The van der Waals surface area contributed by atoms with Gasteiger partial charge in [-0.15, -0.1) is 0 Å². The predicted octanol–water partition coefficient (Wildman–Crippen LogP) is 8.15. The minimum Gasteiger partial charge on any atom is -0.0622 e. The molecule has 1 radical (unpaired) electrons. The average molecular weight is 381 g/mol. The van der Waals surface area contributed by atoms with Crippen molar-refractivity contribution in [3.63, 3.8) is 0 Å². The van der Waals surface area contributed by atoms with Crippen molar-refractivity contribution >= 4 is 0 Å². The molecule has 0 saturated heterocycles. The zero-order valence-corrected chi connectivity index (χ0v) is 16.6. The molecule has 0 nitrogen and oxygen atoms in total. The fourth-order valence-electron chi connectivity index (χ4n) is 3.99. The van der Waals surface area contributed by atoms with Crippen LogP contribution in [0.3, 0.4) is 0 Å². The van der Waals surface area contributed by atoms with Gasteiger partial charge in [0.2, 0.25) is 0 Å². The van der Waals surface area contributed by atoms with Gasteiger partial charge >= 0.3 is 0 Å². The molecule has 0 aliphatic heterocycles. The van der Waals surface area contributed by atoms with Crippen molar-refractivity contribution in [1.82, 2.24) is 0 Å². The zero-order chi connectivity index (χ0) is 20.2. The van der Waals surface area contributed by atoms with Gasteiger partial charge in [0, 0.05) is 0 Å². The van der Waals surface area contributed by atoms with Crippen molar-refractivity contribution in [3.8, 4) is 44.5 Å². The molecule has 0 amide bonds. The first kappa shape index (κ1) is 18.1. The Bertz CT molecular complexity index is 1180. The molecular formula is C30H21. The molecule has 30 heavy (non-hydrogen) atoms. The molecule has 0 N–H and O–H groups in total. The Morgan fingerprint density at radius 3 is 1.40 bits per heavy atom. The van der Waals surface area contributed by atoms with E-state index in [2.05, 4.69) is 121 Å². The van der Waals surface area contributed by atoms with Gasteiger partial charge in [0.25, 0.3) is 0 Å². The summed E-state index contributed by atoms with van der Waals surface area (Å²) in [7, 11) is 0. The minimum atomic E-state index is 1.20. The predicted molar refractivity (Wildman–Crippen MR) is 127 cm³/mol. The monoisotopic (exact) mass is 381 g/mol. The van der Waals surface area contributed by atoms with Gasteiger partial charge < -0.3 is 0 Å². The second-order valence-electron chi connectivity index (χ2n) is 7.33.